The molecule has 0 aliphatic heterocycles. The van der Waals surface area contributed by atoms with Gasteiger partial charge in [0.15, 0.2) is 6.10 Å². The minimum absolute atomic E-state index is 0.0367. The van der Waals surface area contributed by atoms with Gasteiger partial charge in [-0.25, -0.2) is 4.79 Å². The summed E-state index contributed by atoms with van der Waals surface area (Å²) in [5, 5.41) is 4.79. The number of anilines is 1. The maximum atomic E-state index is 13.4. The van der Waals surface area contributed by atoms with Gasteiger partial charge >= 0.3 is 5.97 Å². The summed E-state index contributed by atoms with van der Waals surface area (Å²) in [5.74, 6) is -1.33. The number of rotatable bonds is 5. The van der Waals surface area contributed by atoms with Crippen molar-refractivity contribution in [3.8, 4) is 11.1 Å². The van der Waals surface area contributed by atoms with E-state index in [0.29, 0.717) is 37.6 Å². The van der Waals surface area contributed by atoms with Crippen LogP contribution in [0.15, 0.2) is 71.5 Å². The molecule has 1 aromatic heterocycles. The molecule has 0 bridgehead atoms. The number of hydrogen-bond donors (Lipinski definition) is 1. The fourth-order valence-electron chi connectivity index (χ4n) is 3.85. The molecule has 6 nitrogen and oxygen atoms in total. The van der Waals surface area contributed by atoms with Crippen molar-refractivity contribution in [3.05, 3.63) is 98.4 Å². The molecule has 1 heterocycles. The van der Waals surface area contributed by atoms with Gasteiger partial charge in [-0.2, -0.15) is 0 Å². The summed E-state index contributed by atoms with van der Waals surface area (Å²) in [6.45, 7) is 3.29. The Hall–Kier alpha value is -3.61. The summed E-state index contributed by atoms with van der Waals surface area (Å²) in [5.41, 5.74) is 2.21. The molecule has 1 N–H and O–H groups in total. The largest absolute Gasteiger partial charge is 0.448 e. The summed E-state index contributed by atoms with van der Waals surface area (Å²) in [4.78, 5) is 39.3. The van der Waals surface area contributed by atoms with E-state index >= 15 is 0 Å². The van der Waals surface area contributed by atoms with Crippen molar-refractivity contribution in [2.75, 3.05) is 5.32 Å². The standard InChI is InChI=1S/C27H22Cl2N2O4/c1-15-8-11-19(29)14-22(15)30-25(32)16(2)35-27(34)24-23(17-9-12-18(28)13-10-17)20-6-4-5-7-21(20)26(33)31(24)3/h4-14,16H,1-3H3,(H,30,32). The highest BCUT2D eigenvalue weighted by Gasteiger charge is 2.26. The lowest BCUT2D eigenvalue weighted by atomic mass is 9.96. The van der Waals surface area contributed by atoms with Gasteiger partial charge < -0.3 is 14.6 Å². The number of nitrogens with zero attached hydrogens (tertiary/aromatic N) is 1. The van der Waals surface area contributed by atoms with E-state index in [1.807, 2.05) is 6.92 Å². The van der Waals surface area contributed by atoms with Gasteiger partial charge in [0.25, 0.3) is 11.5 Å². The SMILES string of the molecule is Cc1ccc(Cl)cc1NC(=O)C(C)OC(=O)c1c(-c2ccc(Cl)cc2)c2ccccc2c(=O)n1C. The number of aryl methyl sites for hydroxylation is 1. The van der Waals surface area contributed by atoms with Crippen molar-refractivity contribution in [1.82, 2.24) is 4.57 Å². The number of nitrogens with one attached hydrogen (secondary N) is 1. The zero-order chi connectivity index (χ0) is 25.3. The van der Waals surface area contributed by atoms with Crippen LogP contribution >= 0.6 is 23.2 Å². The Labute approximate surface area is 212 Å². The Balaban J connectivity index is 1.74. The average molecular weight is 509 g/mol. The van der Waals surface area contributed by atoms with E-state index in [0.717, 1.165) is 5.56 Å². The average Bonchev–Trinajstić information content (AvgIpc) is 2.84. The van der Waals surface area contributed by atoms with Crippen LogP contribution in [0.4, 0.5) is 5.69 Å². The summed E-state index contributed by atoms with van der Waals surface area (Å²) < 4.78 is 6.79. The highest BCUT2D eigenvalue weighted by Crippen LogP contribution is 2.32. The van der Waals surface area contributed by atoms with Crippen molar-refractivity contribution in [1.29, 1.82) is 0 Å². The number of esters is 1. The first-order valence-corrected chi connectivity index (χ1v) is 11.6. The van der Waals surface area contributed by atoms with Crippen LogP contribution in [0.1, 0.15) is 23.0 Å². The van der Waals surface area contributed by atoms with Gasteiger partial charge in [-0.05, 0) is 60.7 Å². The Morgan fingerprint density at radius 1 is 0.943 bits per heavy atom. The maximum absolute atomic E-state index is 13.4. The second kappa shape index (κ2) is 9.94. The number of halogens is 2. The van der Waals surface area contributed by atoms with Gasteiger partial charge in [0.05, 0.1) is 0 Å². The molecule has 0 fully saturated rings. The van der Waals surface area contributed by atoms with E-state index in [1.165, 1.54) is 18.5 Å². The molecule has 0 aliphatic carbocycles. The number of fused-ring (bicyclic) bond motifs is 1. The molecule has 0 saturated heterocycles. The fraction of sp³-hybridized carbons (Fsp3) is 0.148. The number of ether oxygens (including phenoxy) is 1. The highest BCUT2D eigenvalue weighted by molar-refractivity contribution is 6.31. The van der Waals surface area contributed by atoms with Crippen molar-refractivity contribution in [3.63, 3.8) is 0 Å². The second-order valence-electron chi connectivity index (χ2n) is 8.14. The number of pyridine rings is 1. The lowest BCUT2D eigenvalue weighted by molar-refractivity contribution is -0.123. The topological polar surface area (TPSA) is 77.4 Å². The minimum atomic E-state index is -1.14. The van der Waals surface area contributed by atoms with Crippen LogP contribution in [0.3, 0.4) is 0 Å². The summed E-state index contributed by atoms with van der Waals surface area (Å²) in [6, 6.07) is 19.1. The van der Waals surface area contributed by atoms with E-state index in [4.69, 9.17) is 27.9 Å². The summed E-state index contributed by atoms with van der Waals surface area (Å²) in [7, 11) is 1.50. The molecule has 0 saturated carbocycles. The first kappa shape index (κ1) is 24.5. The number of carbonyl (C=O) groups is 2. The van der Waals surface area contributed by atoms with Crippen LogP contribution < -0.4 is 10.9 Å². The van der Waals surface area contributed by atoms with Crippen molar-refractivity contribution in [2.45, 2.75) is 20.0 Å². The van der Waals surface area contributed by atoms with Crippen LogP contribution in [0, 0.1) is 6.92 Å². The predicted octanol–water partition coefficient (Wildman–Crippen LogP) is 6.00. The Bertz CT molecular complexity index is 1510. The lowest BCUT2D eigenvalue weighted by Gasteiger charge is -2.19. The molecule has 4 aromatic rings. The molecule has 35 heavy (non-hydrogen) atoms. The predicted molar refractivity (Wildman–Crippen MR) is 139 cm³/mol. The maximum Gasteiger partial charge on any atom is 0.356 e. The molecule has 1 amide bonds. The number of hydrogen-bond acceptors (Lipinski definition) is 4. The molecule has 3 aromatic carbocycles. The molecule has 1 atom stereocenters. The van der Waals surface area contributed by atoms with E-state index in [-0.39, 0.29) is 11.3 Å². The third kappa shape index (κ3) is 4.94. The second-order valence-corrected chi connectivity index (χ2v) is 9.01. The van der Waals surface area contributed by atoms with E-state index in [1.54, 1.807) is 66.7 Å². The minimum Gasteiger partial charge on any atom is -0.448 e. The normalized spacial score (nSPS) is 11.8. The number of aromatic nitrogens is 1. The van der Waals surface area contributed by atoms with Gasteiger partial charge in [0, 0.05) is 33.7 Å². The monoisotopic (exact) mass is 508 g/mol. The number of amides is 1. The Morgan fingerprint density at radius 3 is 2.26 bits per heavy atom. The van der Waals surface area contributed by atoms with Gasteiger partial charge in [-0.15, -0.1) is 0 Å². The zero-order valence-electron chi connectivity index (χ0n) is 19.3. The fourth-order valence-corrected chi connectivity index (χ4v) is 4.14. The Morgan fingerprint density at radius 2 is 1.57 bits per heavy atom. The van der Waals surface area contributed by atoms with Crippen molar-refractivity contribution in [2.24, 2.45) is 7.05 Å². The molecule has 4 rings (SSSR count). The molecule has 0 spiro atoms. The molecule has 8 heteroatoms. The number of carbonyl (C=O) groups excluding carboxylic acids is 2. The van der Waals surface area contributed by atoms with Crippen LogP contribution in [0.5, 0.6) is 0 Å². The third-order valence-corrected chi connectivity index (χ3v) is 6.23. The first-order chi connectivity index (χ1) is 16.7. The number of benzene rings is 3. The highest BCUT2D eigenvalue weighted by atomic mass is 35.5. The lowest BCUT2D eigenvalue weighted by Crippen LogP contribution is -2.33. The molecule has 0 aliphatic rings. The van der Waals surface area contributed by atoms with Gasteiger partial charge in [0.1, 0.15) is 5.69 Å². The summed E-state index contributed by atoms with van der Waals surface area (Å²) in [6.07, 6.45) is -1.14. The molecule has 178 valence electrons. The van der Waals surface area contributed by atoms with E-state index in [9.17, 15) is 14.4 Å². The van der Waals surface area contributed by atoms with Crippen molar-refractivity contribution >= 4 is 51.5 Å². The van der Waals surface area contributed by atoms with Crippen LogP contribution in [0.25, 0.3) is 21.9 Å². The molecule has 0 radical (unpaired) electrons. The van der Waals surface area contributed by atoms with Gasteiger partial charge in [0.2, 0.25) is 0 Å². The van der Waals surface area contributed by atoms with Crippen molar-refractivity contribution < 1.29 is 14.3 Å². The molecular formula is C27H22Cl2N2O4. The van der Waals surface area contributed by atoms with E-state index < -0.39 is 18.0 Å². The molecular weight excluding hydrogens is 487 g/mol. The third-order valence-electron chi connectivity index (χ3n) is 5.74. The molecule has 1 unspecified atom stereocenters. The Kier molecular flexibility index (Phi) is 6.96. The van der Waals surface area contributed by atoms with Crippen LogP contribution in [-0.4, -0.2) is 22.5 Å². The first-order valence-electron chi connectivity index (χ1n) is 10.8. The zero-order valence-corrected chi connectivity index (χ0v) is 20.8. The smallest absolute Gasteiger partial charge is 0.356 e. The summed E-state index contributed by atoms with van der Waals surface area (Å²) >= 11 is 12.1. The van der Waals surface area contributed by atoms with Gasteiger partial charge in [-0.1, -0.05) is 59.6 Å². The van der Waals surface area contributed by atoms with Crippen LogP contribution in [-0.2, 0) is 16.6 Å². The van der Waals surface area contributed by atoms with Crippen LogP contribution in [0.2, 0.25) is 10.0 Å². The van der Waals surface area contributed by atoms with E-state index in [2.05, 4.69) is 5.32 Å². The van der Waals surface area contributed by atoms with Gasteiger partial charge in [-0.3, -0.25) is 9.59 Å². The quantitative estimate of drug-likeness (QED) is 0.335.